The van der Waals surface area contributed by atoms with Crippen LogP contribution in [0, 0.1) is 34.0 Å². The van der Waals surface area contributed by atoms with Gasteiger partial charge in [-0.2, -0.15) is 15.8 Å². The quantitative estimate of drug-likeness (QED) is 0.120. The molecule has 0 amide bonds. The number of fused-ring (bicyclic) bond motifs is 6. The lowest BCUT2D eigenvalue weighted by Gasteiger charge is -2.17. The van der Waals surface area contributed by atoms with Gasteiger partial charge in [0.25, 0.3) is 0 Å². The molecule has 0 aliphatic heterocycles. The van der Waals surface area contributed by atoms with Crippen LogP contribution in [0.4, 0.5) is 0 Å². The fourth-order valence-corrected chi connectivity index (χ4v) is 13.9. The molecule has 0 spiro atoms. The molecule has 14 aromatic carbocycles. The Bertz CT molecular complexity index is 5610. The van der Waals surface area contributed by atoms with Crippen molar-refractivity contribution in [2.24, 2.45) is 0 Å². The van der Waals surface area contributed by atoms with E-state index >= 15 is 0 Å². The van der Waals surface area contributed by atoms with Gasteiger partial charge in [-0.3, -0.25) is 0 Å². The molecule has 17 aromatic rings. The zero-order valence-corrected chi connectivity index (χ0v) is 52.8. The van der Waals surface area contributed by atoms with Crippen LogP contribution in [0.1, 0.15) is 16.7 Å². The molecule has 17 rings (SSSR count). The van der Waals surface area contributed by atoms with Crippen LogP contribution >= 0.6 is 0 Å². The van der Waals surface area contributed by atoms with Crippen molar-refractivity contribution < 1.29 is 0 Å². The molecule has 0 aliphatic carbocycles. The summed E-state index contributed by atoms with van der Waals surface area (Å²) in [7, 11) is 0. The van der Waals surface area contributed by atoms with E-state index < -0.39 is 0 Å². The molecule has 8 nitrogen and oxygen atoms in total. The molecule has 8 heteroatoms. The highest BCUT2D eigenvalue weighted by atomic mass is 15.0. The van der Waals surface area contributed by atoms with E-state index in [0.29, 0.717) is 34.2 Å². The van der Waals surface area contributed by atoms with E-state index in [1.54, 1.807) is 6.07 Å². The lowest BCUT2D eigenvalue weighted by Crippen LogP contribution is -2.04. The Kier molecular flexibility index (Phi) is 14.5. The summed E-state index contributed by atoms with van der Waals surface area (Å²) in [6.45, 7) is 0. The Morgan fingerprint density at radius 2 is 0.480 bits per heavy atom. The predicted molar refractivity (Wildman–Crippen MR) is 397 cm³/mol. The second-order valence-corrected chi connectivity index (χ2v) is 24.5. The van der Waals surface area contributed by atoms with Gasteiger partial charge in [-0.25, -0.2) is 15.0 Å². The van der Waals surface area contributed by atoms with E-state index in [1.165, 1.54) is 0 Å². The van der Waals surface area contributed by atoms with E-state index in [9.17, 15) is 15.8 Å². The van der Waals surface area contributed by atoms with Crippen molar-refractivity contribution in [2.75, 3.05) is 0 Å². The summed E-state index contributed by atoms with van der Waals surface area (Å²) >= 11 is 0. The first-order valence-corrected chi connectivity index (χ1v) is 32.5. The number of rotatable bonds is 12. The van der Waals surface area contributed by atoms with E-state index in [-0.39, 0.29) is 0 Å². The van der Waals surface area contributed by atoms with Gasteiger partial charge >= 0.3 is 0 Å². The highest BCUT2D eigenvalue weighted by molar-refractivity contribution is 6.13. The molecule has 98 heavy (non-hydrogen) atoms. The number of aromatic nitrogens is 5. The van der Waals surface area contributed by atoms with Crippen LogP contribution in [0.5, 0.6) is 0 Å². The van der Waals surface area contributed by atoms with E-state index in [0.717, 1.165) is 150 Å². The normalized spacial score (nSPS) is 11.2. The van der Waals surface area contributed by atoms with Crippen molar-refractivity contribution in [3.63, 3.8) is 0 Å². The summed E-state index contributed by atoms with van der Waals surface area (Å²) in [5.41, 5.74) is 23.8. The smallest absolute Gasteiger partial charge is 0.164 e. The highest BCUT2D eigenvalue weighted by Crippen LogP contribution is 2.44. The molecule has 3 aromatic heterocycles. The summed E-state index contributed by atoms with van der Waals surface area (Å²) in [5, 5.41) is 35.3. The zero-order chi connectivity index (χ0) is 65.6. The fourth-order valence-electron chi connectivity index (χ4n) is 13.9. The molecule has 0 fully saturated rings. The van der Waals surface area contributed by atoms with Crippen LogP contribution in [0.15, 0.2) is 328 Å². The second-order valence-electron chi connectivity index (χ2n) is 24.5. The number of hydrogen-bond acceptors (Lipinski definition) is 6. The number of nitriles is 3. The molecule has 0 atom stereocenters. The van der Waals surface area contributed by atoms with Crippen LogP contribution in [0.25, 0.3) is 167 Å². The number of hydrogen-bond donors (Lipinski definition) is 0. The van der Waals surface area contributed by atoms with Gasteiger partial charge in [-0.1, -0.05) is 206 Å². The van der Waals surface area contributed by atoms with E-state index in [2.05, 4.69) is 234 Å². The van der Waals surface area contributed by atoms with Crippen LogP contribution in [0.2, 0.25) is 0 Å². The molecule has 0 saturated heterocycles. The average Bonchev–Trinajstić information content (AvgIpc) is 1.58. The summed E-state index contributed by atoms with van der Waals surface area (Å²) in [6, 6.07) is 120. The number of nitrogens with zero attached hydrogens (tertiary/aromatic N) is 8. The minimum Gasteiger partial charge on any atom is -0.309 e. The van der Waals surface area contributed by atoms with E-state index in [4.69, 9.17) is 15.0 Å². The maximum absolute atomic E-state index is 10.5. The minimum absolute atomic E-state index is 0.411. The minimum atomic E-state index is 0.411. The highest BCUT2D eigenvalue weighted by Gasteiger charge is 2.24. The van der Waals surface area contributed by atoms with Crippen LogP contribution in [0.3, 0.4) is 0 Å². The summed E-state index contributed by atoms with van der Waals surface area (Å²) in [5.74, 6) is 1.25. The SMILES string of the molecule is N#Cc1cccc(-c2ccc(-c3nc(-c4ccc(-n5c6ccc(-c7ccccc7)cc6c6cc(-c7ccccc7)ccc65)cc4-c4cccc(C#N)c4)nc(-c4ccc(-n5c6ccc(-c7ccccc7)cc6c6cc(-c7ccccc7)ccc65)cc4-c4cccc(C#N)c4)n3)cc2)c1. The van der Waals surface area contributed by atoms with Gasteiger partial charge < -0.3 is 9.13 Å². The van der Waals surface area contributed by atoms with Gasteiger partial charge in [0.1, 0.15) is 0 Å². The third-order valence-corrected chi connectivity index (χ3v) is 18.7. The summed E-state index contributed by atoms with van der Waals surface area (Å²) in [6.07, 6.45) is 0. The first-order chi connectivity index (χ1) is 48.4. The third kappa shape index (κ3) is 10.6. The van der Waals surface area contributed by atoms with Crippen molar-refractivity contribution in [3.05, 3.63) is 344 Å². The first-order valence-electron chi connectivity index (χ1n) is 32.5. The van der Waals surface area contributed by atoms with Crippen LogP contribution < -0.4 is 0 Å². The Morgan fingerprint density at radius 1 is 0.204 bits per heavy atom. The molecule has 3 heterocycles. The molecule has 0 bridgehead atoms. The third-order valence-electron chi connectivity index (χ3n) is 18.7. The first kappa shape index (κ1) is 58.0. The Balaban J connectivity index is 0.890. The van der Waals surface area contributed by atoms with Crippen molar-refractivity contribution in [2.45, 2.75) is 0 Å². The molecule has 0 saturated carbocycles. The molecule has 0 N–H and O–H groups in total. The van der Waals surface area contributed by atoms with Gasteiger partial charge in [0.2, 0.25) is 0 Å². The largest absolute Gasteiger partial charge is 0.309 e. The Labute approximate surface area is 566 Å². The lowest BCUT2D eigenvalue weighted by molar-refractivity contribution is 1.07. The van der Waals surface area contributed by atoms with Gasteiger partial charge in [-0.15, -0.1) is 0 Å². The van der Waals surface area contributed by atoms with Gasteiger partial charge in [0.05, 0.1) is 57.0 Å². The maximum Gasteiger partial charge on any atom is 0.164 e. The fraction of sp³-hybridized carbons (Fsp3) is 0. The van der Waals surface area contributed by atoms with E-state index in [1.807, 2.05) is 115 Å². The molecular weight excluding hydrogens is 1190 g/mol. The molecule has 0 aliphatic rings. The molecular formula is C90H54N8. The number of benzene rings is 14. The van der Waals surface area contributed by atoms with Gasteiger partial charge in [-0.05, 0) is 199 Å². The Hall–Kier alpha value is -13.8. The zero-order valence-electron chi connectivity index (χ0n) is 52.8. The van der Waals surface area contributed by atoms with Crippen molar-refractivity contribution in [3.8, 4) is 142 Å². The monoisotopic (exact) mass is 1250 g/mol. The lowest BCUT2D eigenvalue weighted by atomic mass is 9.95. The van der Waals surface area contributed by atoms with Gasteiger partial charge in [0, 0.05) is 49.6 Å². The standard InChI is InChI=1S/C90H54N8/c91-55-58-16-13-27-67(46-58)65-30-32-66(33-31-65)88-94-89(76-40-38-74(53-78(76)72-28-14-17-59(47-72)56-92)97-84-42-34-68(61-19-5-1-6-20-61)49-80(84)81-50-69(35-43-85(81)97)62-21-7-2-8-22-62)96-90(95-88)77-41-39-75(54-79(77)73-29-15-18-60(48-73)57-93)98-86-44-36-70(63-23-9-3-10-24-63)51-82(86)83-52-71(37-45-87(83)98)64-25-11-4-12-26-64/h1-54H. The Morgan fingerprint density at radius 3 is 0.827 bits per heavy atom. The summed E-state index contributed by atoms with van der Waals surface area (Å²) in [4.78, 5) is 16.5. The van der Waals surface area contributed by atoms with Crippen molar-refractivity contribution >= 4 is 43.6 Å². The molecule has 454 valence electrons. The topological polar surface area (TPSA) is 120 Å². The van der Waals surface area contributed by atoms with Crippen molar-refractivity contribution in [1.29, 1.82) is 15.8 Å². The average molecular weight is 1250 g/mol. The summed E-state index contributed by atoms with van der Waals surface area (Å²) < 4.78 is 4.66. The maximum atomic E-state index is 10.5. The second kappa shape index (κ2) is 24.6. The molecule has 0 radical (unpaired) electrons. The van der Waals surface area contributed by atoms with Crippen LogP contribution in [-0.4, -0.2) is 24.1 Å². The van der Waals surface area contributed by atoms with Crippen LogP contribution in [-0.2, 0) is 0 Å². The molecule has 0 unspecified atom stereocenters. The van der Waals surface area contributed by atoms with Gasteiger partial charge in [0.15, 0.2) is 17.5 Å². The van der Waals surface area contributed by atoms with Crippen molar-refractivity contribution in [1.82, 2.24) is 24.1 Å². The predicted octanol–water partition coefficient (Wildman–Crippen LogP) is 22.4.